The number of carbonyl (C=O) groups excluding carboxylic acids is 2. The molecular formula is C29H23F3N4O4. The molecule has 4 aromatic rings. The molecule has 0 aliphatic carbocycles. The van der Waals surface area contributed by atoms with Gasteiger partial charge in [0.15, 0.2) is 0 Å². The van der Waals surface area contributed by atoms with Crippen LogP contribution in [0.4, 0.5) is 29.3 Å². The SMILES string of the molecule is O=C(Nc1ccc(OC(F)(F)F)cc1)Nc1cccnc1Oc1cccc2c1CCN(C(=O)c1ccccc1)C2. The fourth-order valence-corrected chi connectivity index (χ4v) is 4.30. The number of amides is 3. The van der Waals surface area contributed by atoms with Gasteiger partial charge in [0.2, 0.25) is 5.88 Å². The molecule has 0 fully saturated rings. The van der Waals surface area contributed by atoms with Gasteiger partial charge in [-0.15, -0.1) is 13.2 Å². The van der Waals surface area contributed by atoms with Crippen molar-refractivity contribution in [2.24, 2.45) is 0 Å². The summed E-state index contributed by atoms with van der Waals surface area (Å²) in [6.07, 6.45) is -2.71. The molecule has 0 spiro atoms. The van der Waals surface area contributed by atoms with Crippen molar-refractivity contribution in [1.82, 2.24) is 9.88 Å². The van der Waals surface area contributed by atoms with E-state index in [1.807, 2.05) is 30.3 Å². The number of ether oxygens (including phenoxy) is 2. The molecule has 0 radical (unpaired) electrons. The normalized spacial score (nSPS) is 12.7. The summed E-state index contributed by atoms with van der Waals surface area (Å²) >= 11 is 0. The van der Waals surface area contributed by atoms with Crippen LogP contribution in [0.25, 0.3) is 0 Å². The Bertz CT molecular complexity index is 1510. The number of carbonyl (C=O) groups is 2. The second-order valence-corrected chi connectivity index (χ2v) is 8.85. The maximum atomic E-state index is 12.9. The molecule has 3 amide bonds. The summed E-state index contributed by atoms with van der Waals surface area (Å²) in [7, 11) is 0. The highest BCUT2D eigenvalue weighted by Crippen LogP contribution is 2.34. The van der Waals surface area contributed by atoms with Gasteiger partial charge in [0, 0.05) is 36.1 Å². The Morgan fingerprint density at radius 1 is 0.875 bits per heavy atom. The highest BCUT2D eigenvalue weighted by molar-refractivity contribution is 6.00. The average Bonchev–Trinajstić information content (AvgIpc) is 2.94. The first-order valence-corrected chi connectivity index (χ1v) is 12.3. The van der Waals surface area contributed by atoms with Gasteiger partial charge in [-0.2, -0.15) is 0 Å². The van der Waals surface area contributed by atoms with Crippen LogP contribution < -0.4 is 20.1 Å². The van der Waals surface area contributed by atoms with Crippen molar-refractivity contribution in [3.05, 3.63) is 108 Å². The van der Waals surface area contributed by atoms with Crippen LogP contribution in [0.1, 0.15) is 21.5 Å². The number of urea groups is 1. The maximum Gasteiger partial charge on any atom is 0.573 e. The number of nitrogens with zero attached hydrogens (tertiary/aromatic N) is 2. The van der Waals surface area contributed by atoms with Crippen molar-refractivity contribution < 1.29 is 32.2 Å². The van der Waals surface area contributed by atoms with Crippen LogP contribution in [0, 0.1) is 0 Å². The molecule has 0 saturated carbocycles. The van der Waals surface area contributed by atoms with Gasteiger partial charge < -0.3 is 25.0 Å². The zero-order chi connectivity index (χ0) is 28.1. The third kappa shape index (κ3) is 6.49. The molecule has 0 bridgehead atoms. The van der Waals surface area contributed by atoms with E-state index in [0.29, 0.717) is 30.8 Å². The summed E-state index contributed by atoms with van der Waals surface area (Å²) in [5.41, 5.74) is 3.07. The van der Waals surface area contributed by atoms with Crippen molar-refractivity contribution in [1.29, 1.82) is 0 Å². The van der Waals surface area contributed by atoms with Gasteiger partial charge in [0.1, 0.15) is 17.2 Å². The van der Waals surface area contributed by atoms with Crippen molar-refractivity contribution >= 4 is 23.3 Å². The van der Waals surface area contributed by atoms with Crippen LogP contribution in [-0.2, 0) is 13.0 Å². The summed E-state index contributed by atoms with van der Waals surface area (Å²) in [6, 6.07) is 22.0. The minimum Gasteiger partial charge on any atom is -0.437 e. The molecule has 204 valence electrons. The Hall–Kier alpha value is -5.06. The highest BCUT2D eigenvalue weighted by atomic mass is 19.4. The van der Waals surface area contributed by atoms with E-state index in [1.165, 1.54) is 18.3 Å². The van der Waals surface area contributed by atoms with Gasteiger partial charge in [-0.05, 0) is 66.6 Å². The lowest BCUT2D eigenvalue weighted by molar-refractivity contribution is -0.274. The van der Waals surface area contributed by atoms with Gasteiger partial charge in [0.05, 0.1) is 0 Å². The number of fused-ring (bicyclic) bond motifs is 1. The number of alkyl halides is 3. The van der Waals surface area contributed by atoms with E-state index in [0.717, 1.165) is 23.3 Å². The number of benzene rings is 3. The van der Waals surface area contributed by atoms with Crippen molar-refractivity contribution in [2.75, 3.05) is 17.2 Å². The van der Waals surface area contributed by atoms with Crippen LogP contribution >= 0.6 is 0 Å². The first-order valence-electron chi connectivity index (χ1n) is 12.3. The van der Waals surface area contributed by atoms with E-state index < -0.39 is 18.1 Å². The largest absolute Gasteiger partial charge is 0.573 e. The average molecular weight is 549 g/mol. The van der Waals surface area contributed by atoms with Gasteiger partial charge in [-0.25, -0.2) is 9.78 Å². The second-order valence-electron chi connectivity index (χ2n) is 8.85. The Labute approximate surface area is 227 Å². The zero-order valence-electron chi connectivity index (χ0n) is 20.9. The predicted molar refractivity (Wildman–Crippen MR) is 141 cm³/mol. The number of hydrogen-bond acceptors (Lipinski definition) is 5. The quantitative estimate of drug-likeness (QED) is 0.283. The Morgan fingerprint density at radius 2 is 1.65 bits per heavy atom. The lowest BCUT2D eigenvalue weighted by Gasteiger charge is -2.30. The third-order valence-electron chi connectivity index (χ3n) is 6.10. The Kier molecular flexibility index (Phi) is 7.54. The van der Waals surface area contributed by atoms with Gasteiger partial charge in [-0.3, -0.25) is 4.79 Å². The molecule has 1 aliphatic rings. The third-order valence-corrected chi connectivity index (χ3v) is 6.10. The molecule has 40 heavy (non-hydrogen) atoms. The number of hydrogen-bond donors (Lipinski definition) is 2. The summed E-state index contributed by atoms with van der Waals surface area (Å²) < 4.78 is 47.0. The number of pyridine rings is 1. The summed E-state index contributed by atoms with van der Waals surface area (Å²) in [5, 5.41) is 5.19. The van der Waals surface area contributed by atoms with E-state index in [9.17, 15) is 22.8 Å². The van der Waals surface area contributed by atoms with Crippen LogP contribution in [0.3, 0.4) is 0 Å². The molecule has 2 heterocycles. The van der Waals surface area contributed by atoms with Crippen LogP contribution in [0.15, 0.2) is 91.1 Å². The minimum absolute atomic E-state index is 0.0395. The standard InChI is InChI=1S/C29H23F3N4O4/c30-29(31,32)40-22-13-11-21(12-14-22)34-28(38)35-24-9-5-16-33-26(24)39-25-10-4-8-20-18-36(17-15-23(20)25)27(37)19-6-2-1-3-7-19/h1-14,16H,15,17-18H2,(H2,34,35,38). The lowest BCUT2D eigenvalue weighted by atomic mass is 9.98. The summed E-state index contributed by atoms with van der Waals surface area (Å²) in [6.45, 7) is 0.951. The Balaban J connectivity index is 1.26. The first kappa shape index (κ1) is 26.5. The molecule has 8 nitrogen and oxygen atoms in total. The molecule has 0 saturated heterocycles. The summed E-state index contributed by atoms with van der Waals surface area (Å²) in [5.74, 6) is 0.275. The molecule has 0 unspecified atom stereocenters. The fraction of sp³-hybridized carbons (Fsp3) is 0.138. The molecule has 0 atom stereocenters. The molecule has 3 aromatic carbocycles. The number of aromatic nitrogens is 1. The van der Waals surface area contributed by atoms with E-state index in [1.54, 1.807) is 35.2 Å². The maximum absolute atomic E-state index is 12.9. The monoisotopic (exact) mass is 548 g/mol. The van der Waals surface area contributed by atoms with E-state index in [2.05, 4.69) is 20.4 Å². The number of rotatable bonds is 6. The van der Waals surface area contributed by atoms with Gasteiger partial charge in [-0.1, -0.05) is 30.3 Å². The van der Waals surface area contributed by atoms with E-state index >= 15 is 0 Å². The van der Waals surface area contributed by atoms with Crippen LogP contribution in [-0.4, -0.2) is 34.7 Å². The van der Waals surface area contributed by atoms with Gasteiger partial charge in [0.25, 0.3) is 5.91 Å². The molecular weight excluding hydrogens is 525 g/mol. The summed E-state index contributed by atoms with van der Waals surface area (Å²) in [4.78, 5) is 31.6. The van der Waals surface area contributed by atoms with Crippen LogP contribution in [0.2, 0.25) is 0 Å². The topological polar surface area (TPSA) is 92.8 Å². The van der Waals surface area contributed by atoms with E-state index in [4.69, 9.17) is 4.74 Å². The predicted octanol–water partition coefficient (Wildman–Crippen LogP) is 6.62. The van der Waals surface area contributed by atoms with Crippen molar-refractivity contribution in [2.45, 2.75) is 19.3 Å². The number of nitrogens with one attached hydrogen (secondary N) is 2. The molecule has 11 heteroatoms. The van der Waals surface area contributed by atoms with E-state index in [-0.39, 0.29) is 23.2 Å². The molecule has 1 aliphatic heterocycles. The molecule has 2 N–H and O–H groups in total. The van der Waals surface area contributed by atoms with Crippen molar-refractivity contribution in [3.8, 4) is 17.4 Å². The van der Waals surface area contributed by atoms with Gasteiger partial charge >= 0.3 is 12.4 Å². The smallest absolute Gasteiger partial charge is 0.437 e. The fourth-order valence-electron chi connectivity index (χ4n) is 4.30. The first-order chi connectivity index (χ1) is 19.2. The highest BCUT2D eigenvalue weighted by Gasteiger charge is 2.31. The molecule has 1 aromatic heterocycles. The number of halogens is 3. The Morgan fingerprint density at radius 3 is 2.40 bits per heavy atom. The zero-order valence-corrected chi connectivity index (χ0v) is 20.9. The van der Waals surface area contributed by atoms with Crippen LogP contribution in [0.5, 0.6) is 17.4 Å². The molecule has 5 rings (SSSR count). The van der Waals surface area contributed by atoms with Crippen molar-refractivity contribution in [3.63, 3.8) is 0 Å². The second kappa shape index (κ2) is 11.4. The number of anilines is 2. The minimum atomic E-state index is -4.81. The lowest BCUT2D eigenvalue weighted by Crippen LogP contribution is -2.36.